The van der Waals surface area contributed by atoms with Crippen LogP contribution in [0.4, 0.5) is 0 Å². The quantitative estimate of drug-likeness (QED) is 0.575. The number of benzene rings is 2. The van der Waals surface area contributed by atoms with E-state index >= 15 is 0 Å². The molecule has 0 amide bonds. The number of carbonyl (C=O) groups excluding carboxylic acids is 1. The Morgan fingerprint density at radius 1 is 0.923 bits per heavy atom. The summed E-state index contributed by atoms with van der Waals surface area (Å²) in [6.07, 6.45) is 5.28. The SMILES string of the molecule is CC(C)(C)C(O[SiH](c1ccccc1)c1ccccc1)C1(C=O)CCCC1. The zero-order valence-electron chi connectivity index (χ0n) is 16.2. The first-order chi connectivity index (χ1) is 12.5. The van der Waals surface area contributed by atoms with Crippen LogP contribution >= 0.6 is 0 Å². The second kappa shape index (κ2) is 7.89. The van der Waals surface area contributed by atoms with Gasteiger partial charge < -0.3 is 9.22 Å². The highest BCUT2D eigenvalue weighted by Gasteiger charge is 2.48. The summed E-state index contributed by atoms with van der Waals surface area (Å²) in [5.74, 6) is 0. The van der Waals surface area contributed by atoms with Gasteiger partial charge in [-0.1, -0.05) is 94.3 Å². The molecule has 1 aliphatic rings. The van der Waals surface area contributed by atoms with Crippen LogP contribution < -0.4 is 10.4 Å². The molecule has 1 unspecified atom stereocenters. The molecule has 0 aromatic heterocycles. The van der Waals surface area contributed by atoms with E-state index in [4.69, 9.17) is 4.43 Å². The van der Waals surface area contributed by atoms with E-state index in [1.807, 2.05) is 12.1 Å². The van der Waals surface area contributed by atoms with Gasteiger partial charge in [0.1, 0.15) is 6.29 Å². The lowest BCUT2D eigenvalue weighted by Crippen LogP contribution is -2.54. The molecule has 0 spiro atoms. The molecule has 138 valence electrons. The van der Waals surface area contributed by atoms with Gasteiger partial charge in [-0.15, -0.1) is 0 Å². The third-order valence-electron chi connectivity index (χ3n) is 5.55. The molecule has 2 nitrogen and oxygen atoms in total. The first-order valence-electron chi connectivity index (χ1n) is 9.68. The van der Waals surface area contributed by atoms with Crippen molar-refractivity contribution in [3.63, 3.8) is 0 Å². The van der Waals surface area contributed by atoms with E-state index in [1.54, 1.807) is 0 Å². The molecular formula is C23H30O2Si. The lowest BCUT2D eigenvalue weighted by Gasteiger charge is -2.43. The maximum absolute atomic E-state index is 12.2. The molecule has 0 radical (unpaired) electrons. The lowest BCUT2D eigenvalue weighted by atomic mass is 9.70. The standard InChI is InChI=1S/C23H30O2Si/c1-22(2,3)21(23(18-24)16-10-11-17-23)25-26(19-12-6-4-7-13-19)20-14-8-5-9-15-20/h4-9,12-15,18,21,26H,10-11,16-17H2,1-3H3. The van der Waals surface area contributed by atoms with Crippen molar-refractivity contribution in [1.82, 2.24) is 0 Å². The van der Waals surface area contributed by atoms with Gasteiger partial charge in [-0.25, -0.2) is 0 Å². The third kappa shape index (κ3) is 3.99. The molecule has 0 aliphatic heterocycles. The fraction of sp³-hybridized carbons (Fsp3) is 0.435. The van der Waals surface area contributed by atoms with Crippen LogP contribution in [0, 0.1) is 10.8 Å². The number of carbonyl (C=O) groups is 1. The highest BCUT2D eigenvalue weighted by molar-refractivity contribution is 6.80. The Morgan fingerprint density at radius 3 is 1.77 bits per heavy atom. The maximum atomic E-state index is 12.2. The minimum Gasteiger partial charge on any atom is -0.406 e. The fourth-order valence-corrected chi connectivity index (χ4v) is 7.21. The van der Waals surface area contributed by atoms with Crippen molar-refractivity contribution in [3.05, 3.63) is 60.7 Å². The maximum Gasteiger partial charge on any atom is 0.240 e. The summed E-state index contributed by atoms with van der Waals surface area (Å²) >= 11 is 0. The Hall–Kier alpha value is -1.71. The molecule has 1 aliphatic carbocycles. The van der Waals surface area contributed by atoms with E-state index < -0.39 is 9.04 Å². The molecule has 0 N–H and O–H groups in total. The topological polar surface area (TPSA) is 26.3 Å². The molecule has 2 aromatic rings. The molecule has 26 heavy (non-hydrogen) atoms. The van der Waals surface area contributed by atoms with E-state index in [-0.39, 0.29) is 16.9 Å². The molecule has 0 bridgehead atoms. The van der Waals surface area contributed by atoms with Crippen LogP contribution in [0.5, 0.6) is 0 Å². The summed E-state index contributed by atoms with van der Waals surface area (Å²) in [6, 6.07) is 21.1. The van der Waals surface area contributed by atoms with Crippen LogP contribution in [0.3, 0.4) is 0 Å². The molecule has 1 saturated carbocycles. The number of aldehydes is 1. The summed E-state index contributed by atoms with van der Waals surface area (Å²) in [4.78, 5) is 12.2. The molecule has 2 aromatic carbocycles. The number of rotatable bonds is 6. The summed E-state index contributed by atoms with van der Waals surface area (Å²) in [7, 11) is -1.88. The summed E-state index contributed by atoms with van der Waals surface area (Å²) in [5.41, 5.74) is -0.423. The monoisotopic (exact) mass is 366 g/mol. The van der Waals surface area contributed by atoms with Gasteiger partial charge in [-0.3, -0.25) is 0 Å². The second-order valence-corrected chi connectivity index (χ2v) is 11.0. The fourth-order valence-electron chi connectivity index (χ4n) is 4.42. The highest BCUT2D eigenvalue weighted by atomic mass is 28.3. The van der Waals surface area contributed by atoms with Crippen molar-refractivity contribution in [2.75, 3.05) is 0 Å². The van der Waals surface area contributed by atoms with E-state index in [9.17, 15) is 4.79 Å². The van der Waals surface area contributed by atoms with Crippen molar-refractivity contribution < 1.29 is 9.22 Å². The first-order valence-corrected chi connectivity index (χ1v) is 11.3. The minimum absolute atomic E-state index is 0.0629. The van der Waals surface area contributed by atoms with Crippen molar-refractivity contribution in [3.8, 4) is 0 Å². The average molecular weight is 367 g/mol. The predicted octanol–water partition coefficient (Wildman–Crippen LogP) is 3.72. The normalized spacial score (nSPS) is 18.0. The summed E-state index contributed by atoms with van der Waals surface area (Å²) in [5, 5.41) is 2.54. The molecule has 0 heterocycles. The van der Waals surface area contributed by atoms with E-state index in [1.165, 1.54) is 16.7 Å². The zero-order valence-corrected chi connectivity index (χ0v) is 17.3. The Balaban J connectivity index is 2.01. The summed E-state index contributed by atoms with van der Waals surface area (Å²) in [6.45, 7) is 6.63. The Kier molecular flexibility index (Phi) is 5.78. The largest absolute Gasteiger partial charge is 0.406 e. The van der Waals surface area contributed by atoms with Gasteiger partial charge in [0.2, 0.25) is 9.04 Å². The van der Waals surface area contributed by atoms with Gasteiger partial charge >= 0.3 is 0 Å². The molecule has 0 saturated heterocycles. The van der Waals surface area contributed by atoms with Gasteiger partial charge in [0.25, 0.3) is 0 Å². The van der Waals surface area contributed by atoms with Gasteiger partial charge in [0, 0.05) is 0 Å². The van der Waals surface area contributed by atoms with E-state index in [2.05, 4.69) is 69.3 Å². The highest BCUT2D eigenvalue weighted by Crippen LogP contribution is 2.46. The smallest absolute Gasteiger partial charge is 0.240 e. The summed E-state index contributed by atoms with van der Waals surface area (Å²) < 4.78 is 6.97. The van der Waals surface area contributed by atoms with Gasteiger partial charge in [0.15, 0.2) is 0 Å². The van der Waals surface area contributed by atoms with Crippen LogP contribution in [-0.4, -0.2) is 21.4 Å². The van der Waals surface area contributed by atoms with Crippen LogP contribution in [0.25, 0.3) is 0 Å². The molecule has 3 rings (SSSR count). The Morgan fingerprint density at radius 2 is 1.38 bits per heavy atom. The van der Waals surface area contributed by atoms with Gasteiger partial charge in [0.05, 0.1) is 11.5 Å². The Labute approximate surface area is 159 Å². The van der Waals surface area contributed by atoms with Crippen molar-refractivity contribution in [2.45, 2.75) is 52.6 Å². The minimum atomic E-state index is -1.88. The van der Waals surface area contributed by atoms with Crippen molar-refractivity contribution in [2.24, 2.45) is 10.8 Å². The van der Waals surface area contributed by atoms with Crippen molar-refractivity contribution in [1.29, 1.82) is 0 Å². The van der Waals surface area contributed by atoms with Crippen LogP contribution in [0.1, 0.15) is 46.5 Å². The average Bonchev–Trinajstić information content (AvgIpc) is 3.13. The van der Waals surface area contributed by atoms with Gasteiger partial charge in [-0.2, -0.15) is 0 Å². The van der Waals surface area contributed by atoms with Crippen LogP contribution in [0.15, 0.2) is 60.7 Å². The molecule has 3 heteroatoms. The number of hydrogen-bond acceptors (Lipinski definition) is 2. The van der Waals surface area contributed by atoms with Gasteiger partial charge in [-0.05, 0) is 28.6 Å². The van der Waals surface area contributed by atoms with Crippen molar-refractivity contribution >= 4 is 25.7 Å². The van der Waals surface area contributed by atoms with Crippen LogP contribution in [0.2, 0.25) is 0 Å². The molecular weight excluding hydrogens is 336 g/mol. The molecule has 1 atom stereocenters. The van der Waals surface area contributed by atoms with Crippen LogP contribution in [-0.2, 0) is 9.22 Å². The third-order valence-corrected chi connectivity index (χ3v) is 8.08. The zero-order chi connectivity index (χ0) is 18.6. The first kappa shape index (κ1) is 19.1. The second-order valence-electron chi connectivity index (χ2n) is 8.64. The Bertz CT molecular complexity index is 660. The lowest BCUT2D eigenvalue weighted by molar-refractivity contribution is -0.126. The predicted molar refractivity (Wildman–Crippen MR) is 111 cm³/mol. The molecule has 1 fully saturated rings. The number of hydrogen-bond donors (Lipinski definition) is 0. The van der Waals surface area contributed by atoms with E-state index in [0.29, 0.717) is 0 Å². The van der Waals surface area contributed by atoms with E-state index in [0.717, 1.165) is 25.7 Å².